The van der Waals surface area contributed by atoms with E-state index in [0.29, 0.717) is 12.2 Å². The molecule has 0 saturated carbocycles. The van der Waals surface area contributed by atoms with Crippen LogP contribution >= 0.6 is 22.6 Å². The Morgan fingerprint density at radius 2 is 1.53 bits per heavy atom. The van der Waals surface area contributed by atoms with Gasteiger partial charge in [-0.2, -0.15) is 0 Å². The Balaban J connectivity index is 1.27. The van der Waals surface area contributed by atoms with Gasteiger partial charge in [-0.3, -0.25) is 14.9 Å². The summed E-state index contributed by atoms with van der Waals surface area (Å²) in [5.74, 6) is -0.306. The van der Waals surface area contributed by atoms with E-state index in [-0.39, 0.29) is 17.3 Å². The first-order valence-electron chi connectivity index (χ1n) is 11.5. The highest BCUT2D eigenvalue weighted by Gasteiger charge is 2.29. The molecule has 0 bridgehead atoms. The Bertz CT molecular complexity index is 1290. The SMILES string of the molecule is O=C(O)C(Cc1ccc(OC(I)N2c3cccnc3Cc3ncccc32)cc1)OCc1ccccc1. The fourth-order valence-electron chi connectivity index (χ4n) is 4.15. The van der Waals surface area contributed by atoms with Crippen molar-refractivity contribution >= 4 is 39.9 Å². The second-order valence-corrected chi connectivity index (χ2v) is 9.43. The molecule has 1 aliphatic heterocycles. The van der Waals surface area contributed by atoms with Gasteiger partial charge in [-0.15, -0.1) is 0 Å². The first-order valence-corrected chi connectivity index (χ1v) is 12.8. The molecular formula is C28H24IN3O4. The van der Waals surface area contributed by atoms with Crippen LogP contribution in [0.4, 0.5) is 11.4 Å². The molecule has 1 N–H and O–H groups in total. The number of benzene rings is 2. The molecule has 2 atom stereocenters. The van der Waals surface area contributed by atoms with Crippen LogP contribution in [0, 0.1) is 0 Å². The van der Waals surface area contributed by atoms with Gasteiger partial charge in [0.2, 0.25) is 4.23 Å². The summed E-state index contributed by atoms with van der Waals surface area (Å²) in [5, 5.41) is 9.62. The lowest BCUT2D eigenvalue weighted by Gasteiger charge is -2.35. The van der Waals surface area contributed by atoms with E-state index in [1.807, 2.05) is 78.9 Å². The number of hydrogen-bond acceptors (Lipinski definition) is 6. The standard InChI is InChI=1S/C28H24IN3O4/c29-28(32-24-8-4-14-30-22(24)17-23-25(32)9-5-15-31-23)36-21-12-10-19(11-13-21)16-26(27(33)34)35-18-20-6-2-1-3-7-20/h1-15,26,28H,16-18H2,(H,33,34). The first kappa shape index (κ1) is 24.2. The molecule has 1 aliphatic rings. The molecule has 36 heavy (non-hydrogen) atoms. The number of carbonyl (C=O) groups is 1. The predicted octanol–water partition coefficient (Wildman–Crippen LogP) is 5.53. The highest BCUT2D eigenvalue weighted by Crippen LogP contribution is 2.39. The minimum atomic E-state index is -0.983. The Labute approximate surface area is 222 Å². The van der Waals surface area contributed by atoms with E-state index in [0.717, 1.165) is 33.9 Å². The summed E-state index contributed by atoms with van der Waals surface area (Å²) in [6.07, 6.45) is 3.59. The van der Waals surface area contributed by atoms with Crippen LogP contribution in [0.25, 0.3) is 0 Å². The van der Waals surface area contributed by atoms with Crippen molar-refractivity contribution in [1.29, 1.82) is 0 Å². The number of pyridine rings is 2. The summed E-state index contributed by atoms with van der Waals surface area (Å²) in [7, 11) is 0. The number of anilines is 2. The third-order valence-corrected chi connectivity index (χ3v) is 6.75. The van der Waals surface area contributed by atoms with E-state index in [1.165, 1.54) is 0 Å². The summed E-state index contributed by atoms with van der Waals surface area (Å²) in [6.45, 7) is 0.248. The molecule has 0 spiro atoms. The summed E-state index contributed by atoms with van der Waals surface area (Å²) >= 11 is 2.26. The summed E-state index contributed by atoms with van der Waals surface area (Å²) in [5.41, 5.74) is 5.70. The fraction of sp³-hybridized carbons (Fsp3) is 0.179. The lowest BCUT2D eigenvalue weighted by molar-refractivity contribution is -0.151. The van der Waals surface area contributed by atoms with Gasteiger partial charge >= 0.3 is 5.97 Å². The molecule has 7 nitrogen and oxygen atoms in total. The van der Waals surface area contributed by atoms with Gasteiger partial charge in [0, 0.05) is 25.2 Å². The maximum Gasteiger partial charge on any atom is 0.333 e. The largest absolute Gasteiger partial charge is 0.479 e. The average molecular weight is 593 g/mol. The summed E-state index contributed by atoms with van der Waals surface area (Å²) in [6, 6.07) is 24.9. The molecule has 3 heterocycles. The molecule has 2 aromatic carbocycles. The van der Waals surface area contributed by atoms with Crippen LogP contribution in [0.3, 0.4) is 0 Å². The third kappa shape index (κ3) is 5.50. The number of nitrogens with zero attached hydrogens (tertiary/aromatic N) is 3. The molecule has 182 valence electrons. The van der Waals surface area contributed by atoms with Crippen LogP contribution in [-0.4, -0.2) is 31.4 Å². The predicted molar refractivity (Wildman–Crippen MR) is 145 cm³/mol. The highest BCUT2D eigenvalue weighted by molar-refractivity contribution is 14.1. The minimum absolute atomic E-state index is 0.248. The van der Waals surface area contributed by atoms with Crippen LogP contribution in [0.5, 0.6) is 5.75 Å². The third-order valence-electron chi connectivity index (χ3n) is 5.94. The second-order valence-electron chi connectivity index (χ2n) is 8.37. The molecule has 0 radical (unpaired) electrons. The number of aliphatic carboxylic acids is 1. The Hall–Kier alpha value is -3.50. The molecule has 8 heteroatoms. The zero-order chi connectivity index (χ0) is 24.9. The number of halogens is 1. The van der Waals surface area contributed by atoms with Gasteiger partial charge < -0.3 is 14.6 Å². The number of aromatic nitrogens is 2. The van der Waals surface area contributed by atoms with Crippen LogP contribution in [0.15, 0.2) is 91.3 Å². The van der Waals surface area contributed by atoms with Gasteiger partial charge in [0.25, 0.3) is 0 Å². The van der Waals surface area contributed by atoms with Crippen LogP contribution in [-0.2, 0) is 29.0 Å². The molecule has 4 aromatic rings. The first-order chi connectivity index (χ1) is 17.6. The van der Waals surface area contributed by atoms with Gasteiger partial charge in [-0.05, 0) is 70.1 Å². The van der Waals surface area contributed by atoms with Crippen molar-refractivity contribution in [3.63, 3.8) is 0 Å². The van der Waals surface area contributed by atoms with Gasteiger partial charge in [0.1, 0.15) is 5.75 Å². The molecule has 0 fully saturated rings. The van der Waals surface area contributed by atoms with Crippen molar-refractivity contribution in [1.82, 2.24) is 9.97 Å². The lowest BCUT2D eigenvalue weighted by atomic mass is 10.1. The zero-order valence-electron chi connectivity index (χ0n) is 19.3. The van der Waals surface area contributed by atoms with Crippen LogP contribution in [0.2, 0.25) is 0 Å². The molecule has 0 saturated heterocycles. The van der Waals surface area contributed by atoms with E-state index in [4.69, 9.17) is 9.47 Å². The van der Waals surface area contributed by atoms with E-state index in [9.17, 15) is 9.90 Å². The van der Waals surface area contributed by atoms with E-state index < -0.39 is 12.1 Å². The fourth-order valence-corrected chi connectivity index (χ4v) is 5.04. The molecule has 5 rings (SSSR count). The second kappa shape index (κ2) is 11.0. The maximum atomic E-state index is 11.7. The highest BCUT2D eigenvalue weighted by atomic mass is 127. The van der Waals surface area contributed by atoms with E-state index >= 15 is 0 Å². The van der Waals surface area contributed by atoms with Crippen molar-refractivity contribution in [3.8, 4) is 5.75 Å². The van der Waals surface area contributed by atoms with E-state index in [2.05, 4.69) is 37.5 Å². The van der Waals surface area contributed by atoms with Gasteiger partial charge in [0.15, 0.2) is 6.10 Å². The van der Waals surface area contributed by atoms with E-state index in [1.54, 1.807) is 12.4 Å². The average Bonchev–Trinajstić information content (AvgIpc) is 2.91. The number of alkyl halides is 1. The number of carboxylic acid groups (broad SMARTS) is 1. The Morgan fingerprint density at radius 3 is 2.14 bits per heavy atom. The molecule has 0 amide bonds. The summed E-state index contributed by atoms with van der Waals surface area (Å²) < 4.78 is 11.6. The van der Waals surface area contributed by atoms with Crippen molar-refractivity contribution in [2.24, 2.45) is 0 Å². The summed E-state index contributed by atoms with van der Waals surface area (Å²) in [4.78, 5) is 22.9. The maximum absolute atomic E-state index is 11.7. The zero-order valence-corrected chi connectivity index (χ0v) is 21.5. The molecule has 0 aliphatic carbocycles. The number of hydrogen-bond donors (Lipinski definition) is 1. The number of rotatable bonds is 9. The topological polar surface area (TPSA) is 84.8 Å². The Morgan fingerprint density at radius 1 is 0.889 bits per heavy atom. The number of ether oxygens (including phenoxy) is 2. The lowest BCUT2D eigenvalue weighted by Crippen LogP contribution is -2.34. The molecule has 2 unspecified atom stereocenters. The smallest absolute Gasteiger partial charge is 0.333 e. The van der Waals surface area contributed by atoms with Gasteiger partial charge in [-0.25, -0.2) is 4.79 Å². The van der Waals surface area contributed by atoms with Crippen molar-refractivity contribution in [3.05, 3.63) is 114 Å². The number of carboxylic acids is 1. The van der Waals surface area contributed by atoms with Crippen molar-refractivity contribution in [2.45, 2.75) is 29.8 Å². The monoisotopic (exact) mass is 593 g/mol. The molecule has 2 aromatic heterocycles. The van der Waals surface area contributed by atoms with Crippen LogP contribution < -0.4 is 9.64 Å². The number of fused-ring (bicyclic) bond motifs is 2. The Kier molecular flexibility index (Phi) is 7.43. The van der Waals surface area contributed by atoms with Gasteiger partial charge in [0.05, 0.1) is 29.4 Å². The normalized spacial score (nSPS) is 13.9. The van der Waals surface area contributed by atoms with Gasteiger partial charge in [-0.1, -0.05) is 42.5 Å². The van der Waals surface area contributed by atoms with Crippen molar-refractivity contribution in [2.75, 3.05) is 4.90 Å². The van der Waals surface area contributed by atoms with Crippen molar-refractivity contribution < 1.29 is 19.4 Å². The van der Waals surface area contributed by atoms with Crippen LogP contribution in [0.1, 0.15) is 22.5 Å². The minimum Gasteiger partial charge on any atom is -0.479 e. The molecular weight excluding hydrogens is 569 g/mol. The quantitative estimate of drug-likeness (QED) is 0.155.